The molecule has 23 heavy (non-hydrogen) atoms. The van der Waals surface area contributed by atoms with E-state index in [9.17, 15) is 4.79 Å². The van der Waals surface area contributed by atoms with Gasteiger partial charge in [0.25, 0.3) is 0 Å². The molecule has 5 nitrogen and oxygen atoms in total. The van der Waals surface area contributed by atoms with Crippen LogP contribution >= 0.6 is 11.8 Å². The molecule has 0 atom stereocenters. The van der Waals surface area contributed by atoms with Crippen LogP contribution < -0.4 is 5.32 Å². The smallest absolute Gasteiger partial charge is 0.234 e. The molecule has 3 aromatic rings. The van der Waals surface area contributed by atoms with Crippen molar-refractivity contribution in [3.63, 3.8) is 0 Å². The van der Waals surface area contributed by atoms with Gasteiger partial charge in [0.05, 0.1) is 5.75 Å². The zero-order valence-corrected chi connectivity index (χ0v) is 13.9. The quantitative estimate of drug-likeness (QED) is 0.731. The molecule has 3 rings (SSSR count). The number of aryl methyl sites for hydroxylation is 2. The molecule has 0 aliphatic rings. The maximum Gasteiger partial charge on any atom is 0.234 e. The Labute approximate surface area is 139 Å². The Morgan fingerprint density at radius 2 is 2.09 bits per heavy atom. The zero-order chi connectivity index (χ0) is 16.2. The lowest BCUT2D eigenvalue weighted by atomic mass is 10.1. The molecule has 0 fully saturated rings. The van der Waals surface area contributed by atoms with Gasteiger partial charge in [-0.2, -0.15) is 0 Å². The van der Waals surface area contributed by atoms with Crippen molar-refractivity contribution in [1.82, 2.24) is 14.6 Å². The summed E-state index contributed by atoms with van der Waals surface area (Å²) in [4.78, 5) is 12.3. The number of benzene rings is 1. The van der Waals surface area contributed by atoms with E-state index in [0.29, 0.717) is 5.75 Å². The molecule has 0 saturated carbocycles. The minimum absolute atomic E-state index is 0.0355. The second kappa shape index (κ2) is 6.83. The van der Waals surface area contributed by atoms with Crippen LogP contribution in [0.1, 0.15) is 18.1 Å². The Hall–Kier alpha value is -2.34. The van der Waals surface area contributed by atoms with Crippen LogP contribution in [-0.4, -0.2) is 26.3 Å². The summed E-state index contributed by atoms with van der Waals surface area (Å²) >= 11 is 1.38. The van der Waals surface area contributed by atoms with E-state index in [1.807, 2.05) is 53.9 Å². The Morgan fingerprint density at radius 1 is 1.22 bits per heavy atom. The molecule has 0 spiro atoms. The van der Waals surface area contributed by atoms with Crippen molar-refractivity contribution in [1.29, 1.82) is 0 Å². The number of rotatable bonds is 5. The highest BCUT2D eigenvalue weighted by Gasteiger charge is 2.11. The van der Waals surface area contributed by atoms with Gasteiger partial charge in [0.15, 0.2) is 10.8 Å². The van der Waals surface area contributed by atoms with Gasteiger partial charge in [0.1, 0.15) is 0 Å². The first-order valence-electron chi connectivity index (χ1n) is 7.50. The number of carbonyl (C=O) groups is 1. The number of carbonyl (C=O) groups excluding carboxylic acids is 1. The van der Waals surface area contributed by atoms with Gasteiger partial charge in [0.2, 0.25) is 5.91 Å². The second-order valence-electron chi connectivity index (χ2n) is 5.21. The van der Waals surface area contributed by atoms with Crippen LogP contribution in [-0.2, 0) is 11.2 Å². The summed E-state index contributed by atoms with van der Waals surface area (Å²) < 4.78 is 1.88. The predicted molar refractivity (Wildman–Crippen MR) is 92.9 cm³/mol. The number of hydrogen-bond donors (Lipinski definition) is 1. The van der Waals surface area contributed by atoms with Crippen molar-refractivity contribution in [2.45, 2.75) is 25.4 Å². The van der Waals surface area contributed by atoms with Crippen LogP contribution in [0, 0.1) is 6.92 Å². The van der Waals surface area contributed by atoms with Gasteiger partial charge >= 0.3 is 0 Å². The molecule has 2 heterocycles. The number of para-hydroxylation sites is 1. The molecule has 0 aliphatic carbocycles. The number of aromatic nitrogens is 3. The Morgan fingerprint density at radius 3 is 2.91 bits per heavy atom. The average molecular weight is 326 g/mol. The fourth-order valence-corrected chi connectivity index (χ4v) is 3.15. The SMILES string of the molecule is CCc1cccc(C)c1NC(=O)CSc1nnc2ccccn12. The van der Waals surface area contributed by atoms with E-state index in [1.165, 1.54) is 11.8 Å². The summed E-state index contributed by atoms with van der Waals surface area (Å²) in [5.74, 6) is 0.263. The number of fused-ring (bicyclic) bond motifs is 1. The largest absolute Gasteiger partial charge is 0.325 e. The van der Waals surface area contributed by atoms with Gasteiger partial charge in [-0.15, -0.1) is 10.2 Å². The Kier molecular flexibility index (Phi) is 4.62. The van der Waals surface area contributed by atoms with Gasteiger partial charge in [-0.3, -0.25) is 9.20 Å². The van der Waals surface area contributed by atoms with Crippen LogP contribution in [0.15, 0.2) is 47.8 Å². The third kappa shape index (κ3) is 3.37. The van der Waals surface area contributed by atoms with Crippen LogP contribution in [0.25, 0.3) is 5.65 Å². The van der Waals surface area contributed by atoms with Gasteiger partial charge < -0.3 is 5.32 Å². The molecule has 0 saturated heterocycles. The Balaban J connectivity index is 1.69. The monoisotopic (exact) mass is 326 g/mol. The van der Waals surface area contributed by atoms with Gasteiger partial charge in [0, 0.05) is 11.9 Å². The molecule has 0 unspecified atom stereocenters. The predicted octanol–water partition coefficient (Wildman–Crippen LogP) is 3.33. The van der Waals surface area contributed by atoms with E-state index in [1.54, 1.807) is 0 Å². The van der Waals surface area contributed by atoms with Crippen molar-refractivity contribution in [3.05, 3.63) is 53.7 Å². The second-order valence-corrected chi connectivity index (χ2v) is 6.15. The van der Waals surface area contributed by atoms with Crippen molar-refractivity contribution in [2.24, 2.45) is 0 Å². The van der Waals surface area contributed by atoms with E-state index in [4.69, 9.17) is 0 Å². The number of amides is 1. The Bertz CT molecular complexity index is 843. The first kappa shape index (κ1) is 15.6. The lowest BCUT2D eigenvalue weighted by molar-refractivity contribution is -0.113. The summed E-state index contributed by atoms with van der Waals surface area (Å²) in [6.45, 7) is 4.09. The van der Waals surface area contributed by atoms with Crippen molar-refractivity contribution in [2.75, 3.05) is 11.1 Å². The van der Waals surface area contributed by atoms with Gasteiger partial charge in [-0.1, -0.05) is 43.0 Å². The highest BCUT2D eigenvalue weighted by molar-refractivity contribution is 7.99. The molecule has 1 N–H and O–H groups in total. The molecule has 0 radical (unpaired) electrons. The van der Waals surface area contributed by atoms with Crippen LogP contribution in [0.4, 0.5) is 5.69 Å². The summed E-state index contributed by atoms with van der Waals surface area (Å²) in [6, 6.07) is 11.8. The molecular formula is C17H18N4OS. The number of pyridine rings is 1. The minimum Gasteiger partial charge on any atom is -0.325 e. The molecule has 1 aromatic carbocycles. The van der Waals surface area contributed by atoms with E-state index in [0.717, 1.165) is 34.0 Å². The first-order valence-corrected chi connectivity index (χ1v) is 8.48. The van der Waals surface area contributed by atoms with Crippen LogP contribution in [0.2, 0.25) is 0 Å². The van der Waals surface area contributed by atoms with Crippen molar-refractivity contribution >= 4 is 29.0 Å². The molecular weight excluding hydrogens is 308 g/mol. The highest BCUT2D eigenvalue weighted by Crippen LogP contribution is 2.22. The number of thioether (sulfide) groups is 1. The molecule has 1 amide bonds. The maximum atomic E-state index is 12.3. The van der Waals surface area contributed by atoms with E-state index < -0.39 is 0 Å². The first-order chi connectivity index (χ1) is 11.2. The molecule has 6 heteroatoms. The minimum atomic E-state index is -0.0355. The highest BCUT2D eigenvalue weighted by atomic mass is 32.2. The van der Waals surface area contributed by atoms with E-state index in [-0.39, 0.29) is 5.91 Å². The summed E-state index contributed by atoms with van der Waals surface area (Å²) in [6.07, 6.45) is 2.78. The number of nitrogens with one attached hydrogen (secondary N) is 1. The van der Waals surface area contributed by atoms with Crippen molar-refractivity contribution < 1.29 is 4.79 Å². The number of anilines is 1. The van der Waals surface area contributed by atoms with Crippen LogP contribution in [0.5, 0.6) is 0 Å². The molecule has 2 aromatic heterocycles. The zero-order valence-electron chi connectivity index (χ0n) is 13.1. The molecule has 118 valence electrons. The fourth-order valence-electron chi connectivity index (χ4n) is 2.43. The topological polar surface area (TPSA) is 59.3 Å². The maximum absolute atomic E-state index is 12.3. The van der Waals surface area contributed by atoms with Crippen molar-refractivity contribution in [3.8, 4) is 0 Å². The number of hydrogen-bond acceptors (Lipinski definition) is 4. The number of nitrogens with zero attached hydrogens (tertiary/aromatic N) is 3. The summed E-state index contributed by atoms with van der Waals surface area (Å²) in [5, 5.41) is 11.9. The molecule has 0 bridgehead atoms. The molecule has 0 aliphatic heterocycles. The van der Waals surface area contributed by atoms with Crippen LogP contribution in [0.3, 0.4) is 0 Å². The van der Waals surface area contributed by atoms with Gasteiger partial charge in [-0.05, 0) is 36.6 Å². The lowest BCUT2D eigenvalue weighted by Gasteiger charge is -2.12. The van der Waals surface area contributed by atoms with E-state index in [2.05, 4.69) is 22.4 Å². The van der Waals surface area contributed by atoms with Gasteiger partial charge in [-0.25, -0.2) is 0 Å². The standard InChI is InChI=1S/C17H18N4OS/c1-3-13-8-6-7-12(2)16(13)18-15(22)11-23-17-20-19-14-9-4-5-10-21(14)17/h4-10H,3,11H2,1-2H3,(H,18,22). The average Bonchev–Trinajstić information content (AvgIpc) is 2.98. The lowest BCUT2D eigenvalue weighted by Crippen LogP contribution is -2.16. The summed E-state index contributed by atoms with van der Waals surface area (Å²) in [5.41, 5.74) is 3.93. The normalized spacial score (nSPS) is 10.9. The van der Waals surface area contributed by atoms with E-state index >= 15 is 0 Å². The summed E-state index contributed by atoms with van der Waals surface area (Å²) in [7, 11) is 0. The third-order valence-corrected chi connectivity index (χ3v) is 4.56. The fraction of sp³-hybridized carbons (Fsp3) is 0.235. The third-order valence-electron chi connectivity index (χ3n) is 3.62.